The van der Waals surface area contributed by atoms with E-state index in [-0.39, 0.29) is 18.1 Å². The first-order valence-electron chi connectivity index (χ1n) is 4.91. The van der Waals surface area contributed by atoms with E-state index in [0.29, 0.717) is 6.10 Å². The highest BCUT2D eigenvalue weighted by Gasteiger charge is 2.29. The van der Waals surface area contributed by atoms with E-state index >= 15 is 0 Å². The first kappa shape index (κ1) is 10.5. The Kier molecular flexibility index (Phi) is 3.31. The fourth-order valence-corrected chi connectivity index (χ4v) is 1.91. The number of ether oxygens (including phenoxy) is 1. The van der Waals surface area contributed by atoms with Crippen LogP contribution < -0.4 is 0 Å². The molecule has 0 saturated carbocycles. The van der Waals surface area contributed by atoms with Gasteiger partial charge in [0.15, 0.2) is 0 Å². The van der Waals surface area contributed by atoms with Crippen LogP contribution in [0.4, 0.5) is 0 Å². The van der Waals surface area contributed by atoms with Crippen molar-refractivity contribution in [3.63, 3.8) is 0 Å². The lowest BCUT2D eigenvalue weighted by Crippen LogP contribution is -2.47. The van der Waals surface area contributed by atoms with Crippen molar-refractivity contribution in [3.8, 4) is 0 Å². The molecular weight excluding hydrogens is 166 g/mol. The minimum absolute atomic E-state index is 0.120. The summed E-state index contributed by atoms with van der Waals surface area (Å²) in [6.07, 6.45) is 2.61. The highest BCUT2D eigenvalue weighted by molar-refractivity contribution is 5.73. The van der Waals surface area contributed by atoms with Gasteiger partial charge in [-0.25, -0.2) is 0 Å². The van der Waals surface area contributed by atoms with Crippen molar-refractivity contribution in [2.24, 2.45) is 0 Å². The van der Waals surface area contributed by atoms with Gasteiger partial charge >= 0.3 is 0 Å². The number of rotatable bonds is 1. The van der Waals surface area contributed by atoms with E-state index < -0.39 is 0 Å². The number of hydrogen-bond acceptors (Lipinski definition) is 2. The van der Waals surface area contributed by atoms with E-state index in [9.17, 15) is 4.79 Å². The molecule has 1 rings (SSSR count). The van der Waals surface area contributed by atoms with Crippen molar-refractivity contribution in [3.05, 3.63) is 0 Å². The number of nitrogens with zero attached hydrogens (tertiary/aromatic N) is 1. The van der Waals surface area contributed by atoms with Gasteiger partial charge in [0, 0.05) is 14.0 Å². The zero-order chi connectivity index (χ0) is 10.0. The summed E-state index contributed by atoms with van der Waals surface area (Å²) in [5.41, 5.74) is 0. The maximum Gasteiger partial charge on any atom is 0.219 e. The molecule has 0 unspecified atom stereocenters. The number of carbonyl (C=O) groups is 1. The molecule has 0 aromatic rings. The summed E-state index contributed by atoms with van der Waals surface area (Å²) in [7, 11) is 1.85. The highest BCUT2D eigenvalue weighted by atomic mass is 16.5. The predicted molar refractivity (Wildman–Crippen MR) is 51.5 cm³/mol. The quantitative estimate of drug-likeness (QED) is 0.618. The van der Waals surface area contributed by atoms with Gasteiger partial charge in [-0.2, -0.15) is 0 Å². The van der Waals surface area contributed by atoms with Crippen LogP contribution in [0.25, 0.3) is 0 Å². The van der Waals surface area contributed by atoms with E-state index in [1.165, 1.54) is 0 Å². The first-order valence-corrected chi connectivity index (χ1v) is 4.91. The molecule has 3 atom stereocenters. The topological polar surface area (TPSA) is 29.5 Å². The average molecular weight is 185 g/mol. The van der Waals surface area contributed by atoms with Crippen LogP contribution in [0.2, 0.25) is 0 Å². The lowest BCUT2D eigenvalue weighted by atomic mass is 9.99. The minimum Gasteiger partial charge on any atom is -0.373 e. The molecule has 76 valence electrons. The third kappa shape index (κ3) is 2.44. The smallest absolute Gasteiger partial charge is 0.219 e. The standard InChI is InChI=1S/C10H19NO2/c1-7-5-6-10(8(2)13-7)11(4)9(3)12/h7-8,10H,5-6H2,1-4H3/t7-,8+,10-/m0/s1. The Morgan fingerprint density at radius 1 is 1.38 bits per heavy atom. The van der Waals surface area contributed by atoms with Crippen molar-refractivity contribution in [2.45, 2.75) is 51.9 Å². The van der Waals surface area contributed by atoms with Gasteiger partial charge in [0.25, 0.3) is 0 Å². The Balaban J connectivity index is 2.55. The summed E-state index contributed by atoms with van der Waals surface area (Å²) in [4.78, 5) is 12.9. The Labute approximate surface area is 80.1 Å². The van der Waals surface area contributed by atoms with Gasteiger partial charge in [0.05, 0.1) is 18.2 Å². The fraction of sp³-hybridized carbons (Fsp3) is 0.900. The van der Waals surface area contributed by atoms with Crippen LogP contribution in [0.5, 0.6) is 0 Å². The van der Waals surface area contributed by atoms with Gasteiger partial charge in [-0.1, -0.05) is 0 Å². The molecule has 0 aromatic heterocycles. The second kappa shape index (κ2) is 4.09. The molecule has 0 N–H and O–H groups in total. The third-order valence-corrected chi connectivity index (χ3v) is 2.85. The molecule has 0 radical (unpaired) electrons. The van der Waals surface area contributed by atoms with Crippen LogP contribution in [0.3, 0.4) is 0 Å². The number of hydrogen-bond donors (Lipinski definition) is 0. The van der Waals surface area contributed by atoms with E-state index in [0.717, 1.165) is 12.8 Å². The van der Waals surface area contributed by atoms with Crippen molar-refractivity contribution < 1.29 is 9.53 Å². The van der Waals surface area contributed by atoms with Crippen molar-refractivity contribution >= 4 is 5.91 Å². The van der Waals surface area contributed by atoms with Crippen LogP contribution in [0, 0.1) is 0 Å². The van der Waals surface area contributed by atoms with Crippen LogP contribution in [0.1, 0.15) is 33.6 Å². The molecule has 1 fully saturated rings. The van der Waals surface area contributed by atoms with Gasteiger partial charge in [0.1, 0.15) is 0 Å². The summed E-state index contributed by atoms with van der Waals surface area (Å²) in [5.74, 6) is 0.120. The molecule has 13 heavy (non-hydrogen) atoms. The average Bonchev–Trinajstić information content (AvgIpc) is 2.03. The molecule has 1 saturated heterocycles. The molecule has 1 aliphatic rings. The monoisotopic (exact) mass is 185 g/mol. The highest BCUT2D eigenvalue weighted by Crippen LogP contribution is 2.22. The van der Waals surface area contributed by atoms with Crippen LogP contribution in [0.15, 0.2) is 0 Å². The second-order valence-corrected chi connectivity index (χ2v) is 3.93. The first-order chi connectivity index (χ1) is 6.02. The molecule has 1 aliphatic heterocycles. The second-order valence-electron chi connectivity index (χ2n) is 3.93. The largest absolute Gasteiger partial charge is 0.373 e. The van der Waals surface area contributed by atoms with Crippen molar-refractivity contribution in [2.75, 3.05) is 7.05 Å². The number of amides is 1. The molecular formula is C10H19NO2. The number of carbonyl (C=O) groups excluding carboxylic acids is 1. The van der Waals surface area contributed by atoms with Gasteiger partial charge < -0.3 is 9.64 Å². The molecule has 3 heteroatoms. The van der Waals surface area contributed by atoms with Crippen LogP contribution in [-0.4, -0.2) is 36.1 Å². The van der Waals surface area contributed by atoms with E-state index in [1.807, 2.05) is 14.0 Å². The molecule has 0 spiro atoms. The molecule has 1 heterocycles. The fourth-order valence-electron chi connectivity index (χ4n) is 1.91. The summed E-state index contributed by atoms with van der Waals surface area (Å²) in [6, 6.07) is 0.258. The van der Waals surface area contributed by atoms with E-state index in [1.54, 1.807) is 11.8 Å². The SMILES string of the molecule is CC(=O)N(C)[C@H]1CC[C@H](C)O[C@@H]1C. The Bertz CT molecular complexity index is 193. The summed E-state index contributed by atoms with van der Waals surface area (Å²) in [5, 5.41) is 0. The Morgan fingerprint density at radius 2 is 2.00 bits per heavy atom. The van der Waals surface area contributed by atoms with Crippen LogP contribution >= 0.6 is 0 Å². The van der Waals surface area contributed by atoms with Crippen molar-refractivity contribution in [1.29, 1.82) is 0 Å². The van der Waals surface area contributed by atoms with E-state index in [2.05, 4.69) is 6.92 Å². The number of likely N-dealkylation sites (N-methyl/N-ethyl adjacent to an activating group) is 1. The van der Waals surface area contributed by atoms with Crippen LogP contribution in [-0.2, 0) is 9.53 Å². The van der Waals surface area contributed by atoms with Crippen molar-refractivity contribution in [1.82, 2.24) is 4.90 Å². The zero-order valence-corrected chi connectivity index (χ0v) is 8.91. The zero-order valence-electron chi connectivity index (χ0n) is 8.91. The maximum atomic E-state index is 11.1. The minimum atomic E-state index is 0.120. The Morgan fingerprint density at radius 3 is 2.46 bits per heavy atom. The van der Waals surface area contributed by atoms with Gasteiger partial charge in [-0.3, -0.25) is 4.79 Å². The molecule has 3 nitrogen and oxygen atoms in total. The molecule has 0 aromatic carbocycles. The molecule has 0 bridgehead atoms. The summed E-state index contributed by atoms with van der Waals surface area (Å²) < 4.78 is 5.68. The van der Waals surface area contributed by atoms with Gasteiger partial charge in [0.2, 0.25) is 5.91 Å². The van der Waals surface area contributed by atoms with Gasteiger partial charge in [-0.15, -0.1) is 0 Å². The van der Waals surface area contributed by atoms with E-state index in [4.69, 9.17) is 4.74 Å². The third-order valence-electron chi connectivity index (χ3n) is 2.85. The van der Waals surface area contributed by atoms with Gasteiger partial charge in [-0.05, 0) is 26.7 Å². The Hall–Kier alpha value is -0.570. The summed E-state index contributed by atoms with van der Waals surface area (Å²) >= 11 is 0. The maximum absolute atomic E-state index is 11.1. The predicted octanol–water partition coefficient (Wildman–Crippen LogP) is 1.42. The molecule has 1 amide bonds. The normalized spacial score (nSPS) is 34.3. The molecule has 0 aliphatic carbocycles. The lowest BCUT2D eigenvalue weighted by molar-refractivity contribution is -0.138. The lowest BCUT2D eigenvalue weighted by Gasteiger charge is -2.38. The summed E-state index contributed by atoms with van der Waals surface area (Å²) in [6.45, 7) is 5.73.